The van der Waals surface area contributed by atoms with E-state index in [1.54, 1.807) is 6.26 Å². The third kappa shape index (κ3) is 5.73. The van der Waals surface area contributed by atoms with Gasteiger partial charge in [-0.25, -0.2) is 0 Å². The van der Waals surface area contributed by atoms with Crippen molar-refractivity contribution in [1.82, 2.24) is 5.32 Å². The highest BCUT2D eigenvalue weighted by Crippen LogP contribution is 2.29. The molecule has 0 unspecified atom stereocenters. The van der Waals surface area contributed by atoms with Gasteiger partial charge in [0.2, 0.25) is 0 Å². The molecule has 0 aliphatic heterocycles. The lowest BCUT2D eigenvalue weighted by atomic mass is 9.88. The zero-order valence-electron chi connectivity index (χ0n) is 16.4. The SMILES string of the molecule is Cc1ccc([C@@H](CCNCc2ccco2)c2ccc(OC(C)C)cc2)cc1. The highest BCUT2D eigenvalue weighted by Gasteiger charge is 2.14. The molecule has 0 fully saturated rings. The van der Waals surface area contributed by atoms with Crippen LogP contribution in [0.4, 0.5) is 0 Å². The molecule has 1 N–H and O–H groups in total. The predicted octanol–water partition coefficient (Wildman–Crippen LogP) is 5.69. The van der Waals surface area contributed by atoms with E-state index in [9.17, 15) is 0 Å². The van der Waals surface area contributed by atoms with Gasteiger partial charge in [-0.15, -0.1) is 0 Å². The van der Waals surface area contributed by atoms with Crippen molar-refractivity contribution in [3.8, 4) is 5.75 Å². The zero-order chi connectivity index (χ0) is 19.1. The molecule has 0 saturated heterocycles. The number of hydrogen-bond donors (Lipinski definition) is 1. The molecule has 0 aliphatic rings. The highest BCUT2D eigenvalue weighted by molar-refractivity contribution is 5.37. The minimum absolute atomic E-state index is 0.189. The van der Waals surface area contributed by atoms with E-state index in [0.29, 0.717) is 5.92 Å². The molecule has 0 radical (unpaired) electrons. The molecule has 0 saturated carbocycles. The van der Waals surface area contributed by atoms with Crippen molar-refractivity contribution >= 4 is 0 Å². The van der Waals surface area contributed by atoms with Crippen molar-refractivity contribution in [3.63, 3.8) is 0 Å². The Morgan fingerprint density at radius 3 is 2.19 bits per heavy atom. The first kappa shape index (κ1) is 19.2. The summed E-state index contributed by atoms with van der Waals surface area (Å²) in [6, 6.07) is 21.3. The van der Waals surface area contributed by atoms with E-state index in [1.165, 1.54) is 16.7 Å². The molecule has 3 rings (SSSR count). The maximum Gasteiger partial charge on any atom is 0.119 e. The lowest BCUT2D eigenvalue weighted by Gasteiger charge is -2.19. The first-order valence-corrected chi connectivity index (χ1v) is 9.68. The number of ether oxygens (including phenoxy) is 1. The van der Waals surface area contributed by atoms with Crippen LogP contribution in [0.5, 0.6) is 5.75 Å². The fraction of sp³-hybridized carbons (Fsp3) is 0.333. The van der Waals surface area contributed by atoms with Gasteiger partial charge in [0.05, 0.1) is 18.9 Å². The van der Waals surface area contributed by atoms with E-state index in [1.807, 2.05) is 26.0 Å². The van der Waals surface area contributed by atoms with E-state index in [-0.39, 0.29) is 6.10 Å². The lowest BCUT2D eigenvalue weighted by molar-refractivity contribution is 0.242. The van der Waals surface area contributed by atoms with Gasteiger partial charge in [0.15, 0.2) is 0 Å². The second-order valence-electron chi connectivity index (χ2n) is 7.24. The summed E-state index contributed by atoms with van der Waals surface area (Å²) in [5.41, 5.74) is 3.95. The summed E-state index contributed by atoms with van der Waals surface area (Å²) in [5, 5.41) is 3.49. The lowest BCUT2D eigenvalue weighted by Crippen LogP contribution is -2.17. The largest absolute Gasteiger partial charge is 0.491 e. The van der Waals surface area contributed by atoms with Gasteiger partial charge in [-0.2, -0.15) is 0 Å². The van der Waals surface area contributed by atoms with Gasteiger partial charge in [0.25, 0.3) is 0 Å². The maximum atomic E-state index is 5.79. The predicted molar refractivity (Wildman–Crippen MR) is 110 cm³/mol. The normalized spacial score (nSPS) is 12.3. The Morgan fingerprint density at radius 1 is 0.926 bits per heavy atom. The molecule has 0 spiro atoms. The van der Waals surface area contributed by atoms with Crippen LogP contribution < -0.4 is 10.1 Å². The molecule has 1 atom stereocenters. The van der Waals surface area contributed by atoms with Crippen LogP contribution in [-0.4, -0.2) is 12.6 Å². The molecular weight excluding hydrogens is 334 g/mol. The topological polar surface area (TPSA) is 34.4 Å². The van der Waals surface area contributed by atoms with E-state index >= 15 is 0 Å². The molecule has 0 aliphatic carbocycles. The molecule has 0 amide bonds. The fourth-order valence-electron chi connectivity index (χ4n) is 3.25. The fourth-order valence-corrected chi connectivity index (χ4v) is 3.25. The van der Waals surface area contributed by atoms with E-state index in [0.717, 1.165) is 31.0 Å². The van der Waals surface area contributed by atoms with Crippen molar-refractivity contribution in [2.24, 2.45) is 0 Å². The smallest absolute Gasteiger partial charge is 0.119 e. The van der Waals surface area contributed by atoms with Crippen molar-refractivity contribution in [3.05, 3.63) is 89.4 Å². The van der Waals surface area contributed by atoms with Crippen molar-refractivity contribution < 1.29 is 9.15 Å². The minimum atomic E-state index is 0.189. The summed E-state index contributed by atoms with van der Waals surface area (Å²) < 4.78 is 11.2. The Kier molecular flexibility index (Phi) is 6.72. The molecule has 3 aromatic rings. The Morgan fingerprint density at radius 2 is 1.59 bits per heavy atom. The Balaban J connectivity index is 1.70. The minimum Gasteiger partial charge on any atom is -0.491 e. The molecule has 3 nitrogen and oxygen atoms in total. The second-order valence-corrected chi connectivity index (χ2v) is 7.24. The van der Waals surface area contributed by atoms with Gasteiger partial charge in [-0.05, 0) is 69.1 Å². The summed E-state index contributed by atoms with van der Waals surface area (Å²) in [7, 11) is 0. The van der Waals surface area contributed by atoms with Crippen LogP contribution in [0.2, 0.25) is 0 Å². The molecule has 3 heteroatoms. The molecule has 2 aromatic carbocycles. The van der Waals surface area contributed by atoms with Gasteiger partial charge in [-0.3, -0.25) is 0 Å². The number of rotatable bonds is 9. The number of aryl methyl sites for hydroxylation is 1. The Labute approximate surface area is 162 Å². The van der Waals surface area contributed by atoms with E-state index < -0.39 is 0 Å². The summed E-state index contributed by atoms with van der Waals surface area (Å²) in [6.45, 7) is 7.90. The third-order valence-electron chi connectivity index (χ3n) is 4.62. The first-order chi connectivity index (χ1) is 13.1. The number of hydrogen-bond acceptors (Lipinski definition) is 3. The molecule has 1 heterocycles. The monoisotopic (exact) mass is 363 g/mol. The summed E-state index contributed by atoms with van der Waals surface area (Å²) >= 11 is 0. The van der Waals surface area contributed by atoms with Gasteiger partial charge >= 0.3 is 0 Å². The third-order valence-corrected chi connectivity index (χ3v) is 4.62. The van der Waals surface area contributed by atoms with Crippen molar-refractivity contribution in [1.29, 1.82) is 0 Å². The van der Waals surface area contributed by atoms with Gasteiger partial charge in [-0.1, -0.05) is 42.0 Å². The van der Waals surface area contributed by atoms with Crippen molar-refractivity contribution in [2.75, 3.05) is 6.54 Å². The van der Waals surface area contributed by atoms with Crippen LogP contribution in [-0.2, 0) is 6.54 Å². The Hall–Kier alpha value is -2.52. The van der Waals surface area contributed by atoms with Gasteiger partial charge in [0, 0.05) is 5.92 Å². The molecule has 0 bridgehead atoms. The quantitative estimate of drug-likeness (QED) is 0.496. The van der Waals surface area contributed by atoms with E-state index in [4.69, 9.17) is 9.15 Å². The molecular formula is C24H29NO2. The number of furan rings is 1. The average Bonchev–Trinajstić information content (AvgIpc) is 3.17. The van der Waals surface area contributed by atoms with Crippen LogP contribution in [0.25, 0.3) is 0 Å². The van der Waals surface area contributed by atoms with Crippen LogP contribution in [0.3, 0.4) is 0 Å². The summed E-state index contributed by atoms with van der Waals surface area (Å²) in [5.74, 6) is 2.24. The van der Waals surface area contributed by atoms with Crippen molar-refractivity contribution in [2.45, 2.75) is 45.8 Å². The van der Waals surface area contributed by atoms with Crippen LogP contribution >= 0.6 is 0 Å². The van der Waals surface area contributed by atoms with Crippen LogP contribution in [0.1, 0.15) is 48.6 Å². The molecule has 142 valence electrons. The van der Waals surface area contributed by atoms with E-state index in [2.05, 4.69) is 60.8 Å². The number of nitrogens with one attached hydrogen (secondary N) is 1. The number of benzene rings is 2. The Bertz CT molecular complexity index is 789. The molecule has 1 aromatic heterocycles. The summed E-state index contributed by atoms with van der Waals surface area (Å²) in [4.78, 5) is 0. The van der Waals surface area contributed by atoms with Gasteiger partial charge < -0.3 is 14.5 Å². The zero-order valence-corrected chi connectivity index (χ0v) is 16.4. The van der Waals surface area contributed by atoms with Crippen LogP contribution in [0.15, 0.2) is 71.3 Å². The first-order valence-electron chi connectivity index (χ1n) is 9.68. The maximum absolute atomic E-state index is 5.79. The average molecular weight is 364 g/mol. The molecule has 27 heavy (non-hydrogen) atoms. The summed E-state index contributed by atoms with van der Waals surface area (Å²) in [6.07, 6.45) is 2.93. The highest BCUT2D eigenvalue weighted by atomic mass is 16.5. The van der Waals surface area contributed by atoms with Gasteiger partial charge in [0.1, 0.15) is 11.5 Å². The van der Waals surface area contributed by atoms with Crippen LogP contribution in [0, 0.1) is 6.92 Å². The standard InChI is InChI=1S/C24H29NO2/c1-18(2)27-22-12-10-21(11-13-22)24(20-8-6-19(3)7-9-20)14-15-25-17-23-5-4-16-26-23/h4-13,16,18,24-25H,14-15,17H2,1-3H3/t24-/m1/s1. The second kappa shape index (κ2) is 9.43.